The van der Waals surface area contributed by atoms with Crippen LogP contribution in [0.4, 0.5) is 0 Å². The molecule has 0 radical (unpaired) electrons. The van der Waals surface area contributed by atoms with E-state index in [1.807, 2.05) is 46.0 Å². The molecule has 1 heterocycles. The molecule has 19 heavy (non-hydrogen) atoms. The second-order valence-electron chi connectivity index (χ2n) is 6.10. The number of benzene rings is 1. The van der Waals surface area contributed by atoms with Crippen LogP contribution >= 0.6 is 0 Å². The summed E-state index contributed by atoms with van der Waals surface area (Å²) >= 11 is 0. The van der Waals surface area contributed by atoms with Crippen molar-refractivity contribution in [3.05, 3.63) is 30.1 Å². The van der Waals surface area contributed by atoms with Crippen molar-refractivity contribution < 1.29 is 4.79 Å². The molecule has 0 spiro atoms. The highest BCUT2D eigenvalue weighted by atomic mass is 16.1. The third-order valence-corrected chi connectivity index (χ3v) is 3.52. The fraction of sp³-hybridized carbons (Fsp3) is 0.500. The molecule has 0 atom stereocenters. The van der Waals surface area contributed by atoms with Crippen LogP contribution in [0, 0.1) is 5.41 Å². The molecule has 0 aliphatic rings. The topological polar surface area (TPSA) is 34.9 Å². The number of nitrogens with zero attached hydrogens (tertiary/aromatic N) is 2. The molecule has 1 aromatic heterocycles. The molecule has 2 rings (SSSR count). The number of aryl methyl sites for hydroxylation is 2. The number of para-hydroxylation sites is 2. The Hall–Kier alpha value is -1.64. The standard InChI is InChI=1S/C16H22N2O/c1-16(2,3)14(19)10-7-11-15-17-12-8-5-6-9-13(12)18(15)4/h5-6,8-9H,7,10-11H2,1-4H3. The minimum absolute atomic E-state index is 0.230. The van der Waals surface area contributed by atoms with Gasteiger partial charge in [-0.2, -0.15) is 0 Å². The normalized spacial score (nSPS) is 12.0. The SMILES string of the molecule is Cn1c(CCCC(=O)C(C)(C)C)nc2ccccc21. The summed E-state index contributed by atoms with van der Waals surface area (Å²) < 4.78 is 2.12. The summed E-state index contributed by atoms with van der Waals surface area (Å²) in [6.45, 7) is 5.93. The second-order valence-corrected chi connectivity index (χ2v) is 6.10. The first-order chi connectivity index (χ1) is 8.89. The molecule has 0 N–H and O–H groups in total. The van der Waals surface area contributed by atoms with Gasteiger partial charge in [-0.3, -0.25) is 4.79 Å². The maximum Gasteiger partial charge on any atom is 0.138 e. The molecule has 0 saturated heterocycles. The molecule has 0 unspecified atom stereocenters. The van der Waals surface area contributed by atoms with Crippen molar-refractivity contribution >= 4 is 16.8 Å². The summed E-state index contributed by atoms with van der Waals surface area (Å²) in [5.41, 5.74) is 1.95. The van der Waals surface area contributed by atoms with E-state index in [0.717, 1.165) is 29.7 Å². The third-order valence-electron chi connectivity index (χ3n) is 3.52. The maximum atomic E-state index is 11.9. The molecule has 1 aromatic carbocycles. The minimum atomic E-state index is -0.230. The van der Waals surface area contributed by atoms with Crippen molar-refractivity contribution in [2.24, 2.45) is 12.5 Å². The van der Waals surface area contributed by atoms with E-state index in [-0.39, 0.29) is 5.41 Å². The lowest BCUT2D eigenvalue weighted by atomic mass is 9.88. The lowest BCUT2D eigenvalue weighted by molar-refractivity contribution is -0.126. The number of carbonyl (C=O) groups excluding carboxylic acids is 1. The van der Waals surface area contributed by atoms with E-state index < -0.39 is 0 Å². The van der Waals surface area contributed by atoms with Crippen LogP contribution in [0.5, 0.6) is 0 Å². The highest BCUT2D eigenvalue weighted by Gasteiger charge is 2.20. The molecular weight excluding hydrogens is 236 g/mol. The number of rotatable bonds is 4. The van der Waals surface area contributed by atoms with Crippen LogP contribution in [-0.2, 0) is 18.3 Å². The molecular formula is C16H22N2O. The van der Waals surface area contributed by atoms with E-state index in [0.29, 0.717) is 12.2 Å². The number of fused-ring (bicyclic) bond motifs is 1. The van der Waals surface area contributed by atoms with Gasteiger partial charge in [0.25, 0.3) is 0 Å². The van der Waals surface area contributed by atoms with Crippen molar-refractivity contribution in [3.8, 4) is 0 Å². The zero-order valence-corrected chi connectivity index (χ0v) is 12.2. The first-order valence-corrected chi connectivity index (χ1v) is 6.83. The van der Waals surface area contributed by atoms with E-state index in [2.05, 4.69) is 15.6 Å². The Labute approximate surface area is 114 Å². The molecule has 0 amide bonds. The van der Waals surface area contributed by atoms with E-state index in [1.54, 1.807) is 0 Å². The summed E-state index contributed by atoms with van der Waals surface area (Å²) in [6.07, 6.45) is 2.35. The average Bonchev–Trinajstić information content (AvgIpc) is 2.66. The van der Waals surface area contributed by atoms with E-state index in [1.165, 1.54) is 0 Å². The second kappa shape index (κ2) is 5.16. The van der Waals surface area contributed by atoms with Gasteiger partial charge in [0.15, 0.2) is 0 Å². The van der Waals surface area contributed by atoms with E-state index in [9.17, 15) is 4.79 Å². The van der Waals surface area contributed by atoms with E-state index >= 15 is 0 Å². The van der Waals surface area contributed by atoms with Gasteiger partial charge in [0, 0.05) is 25.3 Å². The molecule has 0 fully saturated rings. The Bertz CT molecular complexity index is 590. The van der Waals surface area contributed by atoms with Crippen LogP contribution in [0.1, 0.15) is 39.4 Å². The summed E-state index contributed by atoms with van der Waals surface area (Å²) in [4.78, 5) is 16.5. The van der Waals surface area contributed by atoms with Gasteiger partial charge in [-0.15, -0.1) is 0 Å². The molecule has 3 heteroatoms. The zero-order valence-electron chi connectivity index (χ0n) is 12.2. The largest absolute Gasteiger partial charge is 0.331 e. The average molecular weight is 258 g/mol. The molecule has 3 nitrogen and oxygen atoms in total. The highest BCUT2D eigenvalue weighted by molar-refractivity contribution is 5.83. The molecule has 0 saturated carbocycles. The Morgan fingerprint density at radius 3 is 2.58 bits per heavy atom. The van der Waals surface area contributed by atoms with Gasteiger partial charge in [0.1, 0.15) is 11.6 Å². The number of Topliss-reactive ketones (excluding diaryl/α,β-unsaturated/α-hetero) is 1. The van der Waals surface area contributed by atoms with Crippen molar-refractivity contribution in [1.29, 1.82) is 0 Å². The molecule has 102 valence electrons. The lowest BCUT2D eigenvalue weighted by Crippen LogP contribution is -2.19. The molecule has 0 aliphatic heterocycles. The third kappa shape index (κ3) is 3.03. The van der Waals surface area contributed by atoms with Gasteiger partial charge in [0.05, 0.1) is 11.0 Å². The minimum Gasteiger partial charge on any atom is -0.331 e. The van der Waals surface area contributed by atoms with Crippen molar-refractivity contribution in [3.63, 3.8) is 0 Å². The fourth-order valence-electron chi connectivity index (χ4n) is 2.20. The quantitative estimate of drug-likeness (QED) is 0.841. The molecule has 0 aliphatic carbocycles. The smallest absolute Gasteiger partial charge is 0.138 e. The van der Waals surface area contributed by atoms with Crippen molar-refractivity contribution in [1.82, 2.24) is 9.55 Å². The predicted octanol–water partition coefficient (Wildman–Crippen LogP) is 3.51. The van der Waals surface area contributed by atoms with Gasteiger partial charge in [-0.1, -0.05) is 32.9 Å². The van der Waals surface area contributed by atoms with Gasteiger partial charge >= 0.3 is 0 Å². The molecule has 2 aromatic rings. The number of imidazole rings is 1. The Kier molecular flexibility index (Phi) is 3.74. The van der Waals surface area contributed by atoms with Gasteiger partial charge < -0.3 is 4.57 Å². The summed E-state index contributed by atoms with van der Waals surface area (Å²) in [7, 11) is 2.04. The van der Waals surface area contributed by atoms with Crippen molar-refractivity contribution in [2.75, 3.05) is 0 Å². The van der Waals surface area contributed by atoms with E-state index in [4.69, 9.17) is 0 Å². The number of aromatic nitrogens is 2. The Balaban J connectivity index is 2.03. The van der Waals surface area contributed by atoms with Gasteiger partial charge in [-0.05, 0) is 18.6 Å². The van der Waals surface area contributed by atoms with Crippen LogP contribution in [0.2, 0.25) is 0 Å². The number of carbonyl (C=O) groups is 1. The highest BCUT2D eigenvalue weighted by Crippen LogP contribution is 2.20. The number of hydrogen-bond acceptors (Lipinski definition) is 2. The van der Waals surface area contributed by atoms with Crippen molar-refractivity contribution in [2.45, 2.75) is 40.0 Å². The van der Waals surface area contributed by atoms with Crippen LogP contribution < -0.4 is 0 Å². The summed E-state index contributed by atoms with van der Waals surface area (Å²) in [5.74, 6) is 1.38. The maximum absolute atomic E-state index is 11.9. The summed E-state index contributed by atoms with van der Waals surface area (Å²) in [5, 5.41) is 0. The van der Waals surface area contributed by atoms with Crippen LogP contribution in [-0.4, -0.2) is 15.3 Å². The Morgan fingerprint density at radius 2 is 1.95 bits per heavy atom. The van der Waals surface area contributed by atoms with Gasteiger partial charge in [0.2, 0.25) is 0 Å². The van der Waals surface area contributed by atoms with Crippen LogP contribution in [0.15, 0.2) is 24.3 Å². The molecule has 0 bridgehead atoms. The first kappa shape index (κ1) is 13.8. The lowest BCUT2D eigenvalue weighted by Gasteiger charge is -2.16. The fourth-order valence-corrected chi connectivity index (χ4v) is 2.20. The Morgan fingerprint density at radius 1 is 1.26 bits per heavy atom. The summed E-state index contributed by atoms with van der Waals surface area (Å²) in [6, 6.07) is 8.13. The predicted molar refractivity (Wildman–Crippen MR) is 78.1 cm³/mol. The number of hydrogen-bond donors (Lipinski definition) is 0. The first-order valence-electron chi connectivity index (χ1n) is 6.83. The zero-order chi connectivity index (χ0) is 14.0. The van der Waals surface area contributed by atoms with Crippen LogP contribution in [0.25, 0.3) is 11.0 Å². The number of ketones is 1. The van der Waals surface area contributed by atoms with Gasteiger partial charge in [-0.25, -0.2) is 4.98 Å². The monoisotopic (exact) mass is 258 g/mol. The van der Waals surface area contributed by atoms with Crippen LogP contribution in [0.3, 0.4) is 0 Å².